The zero-order valence-electron chi connectivity index (χ0n) is 9.12. The molecule has 0 aliphatic rings. The summed E-state index contributed by atoms with van der Waals surface area (Å²) >= 11 is 10.5. The third-order valence-corrected chi connectivity index (χ3v) is 7.40. The lowest BCUT2D eigenvalue weighted by Gasteiger charge is -2.28. The van der Waals surface area contributed by atoms with Crippen LogP contribution >= 0.6 is 38.9 Å². The zero-order chi connectivity index (χ0) is 12.7. The van der Waals surface area contributed by atoms with Crippen molar-refractivity contribution in [2.75, 3.05) is 6.26 Å². The molecule has 0 aliphatic carbocycles. The monoisotopic (exact) mass is 345 g/mol. The Bertz CT molecular complexity index is 476. The average Bonchev–Trinajstić information content (AvgIpc) is 2.43. The van der Waals surface area contributed by atoms with Gasteiger partial charge in [0.25, 0.3) is 0 Å². The van der Waals surface area contributed by atoms with E-state index < -0.39 is 20.6 Å². The van der Waals surface area contributed by atoms with Crippen molar-refractivity contribution in [2.45, 2.75) is 24.6 Å². The van der Waals surface area contributed by atoms with E-state index in [1.165, 1.54) is 17.6 Å². The molecule has 1 atom stereocenters. The van der Waals surface area contributed by atoms with Gasteiger partial charge in [0.05, 0.1) is 10.8 Å². The van der Waals surface area contributed by atoms with Crippen LogP contribution in [0.4, 0.5) is 0 Å². The zero-order valence-corrected chi connectivity index (χ0v) is 13.1. The highest BCUT2D eigenvalue weighted by molar-refractivity contribution is 9.10. The van der Waals surface area contributed by atoms with Gasteiger partial charge in [0.15, 0.2) is 9.84 Å². The Balaban J connectivity index is 3.17. The second-order valence-corrected chi connectivity index (χ2v) is 9.26. The van der Waals surface area contributed by atoms with Crippen LogP contribution < -0.4 is 5.73 Å². The van der Waals surface area contributed by atoms with E-state index in [0.29, 0.717) is 4.34 Å². The highest BCUT2D eigenvalue weighted by atomic mass is 79.9. The van der Waals surface area contributed by atoms with Gasteiger partial charge >= 0.3 is 0 Å². The molecule has 16 heavy (non-hydrogen) atoms. The molecule has 92 valence electrons. The van der Waals surface area contributed by atoms with Gasteiger partial charge in [0.2, 0.25) is 0 Å². The lowest BCUT2D eigenvalue weighted by Crippen LogP contribution is -2.41. The van der Waals surface area contributed by atoms with Crippen molar-refractivity contribution in [3.63, 3.8) is 0 Å². The van der Waals surface area contributed by atoms with Crippen molar-refractivity contribution in [3.8, 4) is 0 Å². The van der Waals surface area contributed by atoms with Gasteiger partial charge in [-0.25, -0.2) is 8.42 Å². The highest BCUT2D eigenvalue weighted by Gasteiger charge is 2.38. The van der Waals surface area contributed by atoms with Gasteiger partial charge in [0.1, 0.15) is 4.34 Å². The molecular formula is C9H13BrClNO2S2. The molecule has 0 spiro atoms. The lowest BCUT2D eigenvalue weighted by molar-refractivity contribution is 0.501. The molecule has 0 radical (unpaired) electrons. The average molecular weight is 347 g/mol. The first-order valence-corrected chi connectivity index (χ1v) is 8.35. The van der Waals surface area contributed by atoms with E-state index in [1.807, 2.05) is 0 Å². The lowest BCUT2D eigenvalue weighted by atomic mass is 10.0. The van der Waals surface area contributed by atoms with Crippen molar-refractivity contribution in [1.82, 2.24) is 0 Å². The fraction of sp³-hybridized carbons (Fsp3) is 0.556. The molecule has 1 heterocycles. The first kappa shape index (κ1) is 14.4. The molecule has 0 saturated heterocycles. The molecule has 1 aromatic heterocycles. The standard InChI is InChI=1S/C9H13BrClNO2S2/c1-9(2,16(3,13)14)7(12)6-4-5(10)8(11)15-6/h4,7H,12H2,1-3H3. The number of sulfone groups is 1. The normalized spacial score (nSPS) is 15.1. The minimum Gasteiger partial charge on any atom is -0.322 e. The van der Waals surface area contributed by atoms with Crippen LogP contribution in [0.2, 0.25) is 4.34 Å². The fourth-order valence-electron chi connectivity index (χ4n) is 1.09. The molecule has 1 rings (SSSR count). The summed E-state index contributed by atoms with van der Waals surface area (Å²) in [4.78, 5) is 0.757. The van der Waals surface area contributed by atoms with Gasteiger partial charge in [-0.1, -0.05) is 11.6 Å². The van der Waals surface area contributed by atoms with Crippen molar-refractivity contribution >= 4 is 48.7 Å². The summed E-state index contributed by atoms with van der Waals surface area (Å²) in [6.07, 6.45) is 1.19. The number of rotatable bonds is 3. The molecule has 0 saturated carbocycles. The molecule has 0 aliphatic heterocycles. The Morgan fingerprint density at radius 3 is 2.38 bits per heavy atom. The third-order valence-electron chi connectivity index (χ3n) is 2.68. The van der Waals surface area contributed by atoms with E-state index in [0.717, 1.165) is 9.35 Å². The van der Waals surface area contributed by atoms with Crippen LogP contribution in [0.1, 0.15) is 24.8 Å². The third kappa shape index (κ3) is 2.61. The molecule has 1 aromatic rings. The topological polar surface area (TPSA) is 60.2 Å². The largest absolute Gasteiger partial charge is 0.322 e. The molecule has 2 N–H and O–H groups in total. The minimum absolute atomic E-state index is 0.578. The van der Waals surface area contributed by atoms with Crippen molar-refractivity contribution in [2.24, 2.45) is 5.73 Å². The Labute approximate surface area is 113 Å². The number of halogens is 2. The van der Waals surface area contributed by atoms with Gasteiger partial charge in [-0.2, -0.15) is 0 Å². The Morgan fingerprint density at radius 2 is 2.06 bits per heavy atom. The maximum Gasteiger partial charge on any atom is 0.154 e. The summed E-state index contributed by atoms with van der Waals surface area (Å²) in [5.41, 5.74) is 5.99. The first-order valence-electron chi connectivity index (χ1n) is 4.47. The Kier molecular flexibility index (Phi) is 4.12. The Hall–Kier alpha value is 0.380. The second-order valence-electron chi connectivity index (χ2n) is 4.12. The Morgan fingerprint density at radius 1 is 1.56 bits per heavy atom. The van der Waals surface area contributed by atoms with Crippen molar-refractivity contribution < 1.29 is 8.42 Å². The van der Waals surface area contributed by atoms with Crippen LogP contribution in [0, 0.1) is 0 Å². The summed E-state index contributed by atoms with van der Waals surface area (Å²) in [5.74, 6) is 0. The quantitative estimate of drug-likeness (QED) is 0.915. The van der Waals surface area contributed by atoms with Crippen LogP contribution in [0.15, 0.2) is 10.5 Å². The molecule has 3 nitrogen and oxygen atoms in total. The van der Waals surface area contributed by atoms with E-state index >= 15 is 0 Å². The predicted octanol–water partition coefficient (Wildman–Crippen LogP) is 2.99. The summed E-state index contributed by atoms with van der Waals surface area (Å²) < 4.78 is 23.6. The van der Waals surface area contributed by atoms with Gasteiger partial charge in [-0.05, 0) is 35.8 Å². The molecule has 0 amide bonds. The maximum absolute atomic E-state index is 11.6. The smallest absolute Gasteiger partial charge is 0.154 e. The van der Waals surface area contributed by atoms with E-state index in [1.54, 1.807) is 19.9 Å². The summed E-state index contributed by atoms with van der Waals surface area (Å²) in [7, 11) is -3.23. The van der Waals surface area contributed by atoms with E-state index in [2.05, 4.69) is 15.9 Å². The van der Waals surface area contributed by atoms with E-state index in [4.69, 9.17) is 17.3 Å². The fourth-order valence-corrected chi connectivity index (χ4v) is 3.68. The summed E-state index contributed by atoms with van der Waals surface area (Å²) in [6.45, 7) is 3.24. The van der Waals surface area contributed by atoms with Crippen LogP contribution in [0.25, 0.3) is 0 Å². The van der Waals surface area contributed by atoms with E-state index in [-0.39, 0.29) is 0 Å². The molecular weight excluding hydrogens is 334 g/mol. The maximum atomic E-state index is 11.6. The van der Waals surface area contributed by atoms with Crippen molar-refractivity contribution in [1.29, 1.82) is 0 Å². The predicted molar refractivity (Wildman–Crippen MR) is 72.9 cm³/mol. The SMILES string of the molecule is CC(C)(C(N)c1cc(Br)c(Cl)s1)S(C)(=O)=O. The number of hydrogen-bond acceptors (Lipinski definition) is 4. The number of nitrogens with two attached hydrogens (primary N) is 1. The van der Waals surface area contributed by atoms with Crippen LogP contribution in [0.3, 0.4) is 0 Å². The minimum atomic E-state index is -3.23. The summed E-state index contributed by atoms with van der Waals surface area (Å²) in [5, 5.41) is 0. The van der Waals surface area contributed by atoms with Crippen LogP contribution in [-0.4, -0.2) is 19.4 Å². The highest BCUT2D eigenvalue weighted by Crippen LogP contribution is 2.39. The first-order chi connectivity index (χ1) is 7.07. The van der Waals surface area contributed by atoms with Gasteiger partial charge in [-0.15, -0.1) is 11.3 Å². The number of hydrogen-bond donors (Lipinski definition) is 1. The van der Waals surface area contributed by atoms with Gasteiger partial charge in [0, 0.05) is 15.6 Å². The molecule has 0 aromatic carbocycles. The molecule has 1 unspecified atom stereocenters. The molecule has 0 bridgehead atoms. The van der Waals surface area contributed by atoms with Gasteiger partial charge in [-0.3, -0.25) is 0 Å². The van der Waals surface area contributed by atoms with Crippen LogP contribution in [0.5, 0.6) is 0 Å². The van der Waals surface area contributed by atoms with E-state index in [9.17, 15) is 8.42 Å². The molecule has 0 fully saturated rings. The summed E-state index contributed by atoms with van der Waals surface area (Å²) in [6, 6.07) is 1.18. The molecule has 7 heteroatoms. The second kappa shape index (κ2) is 4.57. The van der Waals surface area contributed by atoms with Crippen LogP contribution in [-0.2, 0) is 9.84 Å². The van der Waals surface area contributed by atoms with Gasteiger partial charge < -0.3 is 5.73 Å². The number of thiophene rings is 1. The van der Waals surface area contributed by atoms with Crippen molar-refractivity contribution in [3.05, 3.63) is 19.8 Å².